The molecule has 1 N–H and O–H groups in total. The molecule has 238 valence electrons. The van der Waals surface area contributed by atoms with Crippen LogP contribution in [0.25, 0.3) is 0 Å². The Morgan fingerprint density at radius 2 is 1.41 bits per heavy atom. The van der Waals surface area contributed by atoms with Crippen molar-refractivity contribution in [1.29, 1.82) is 0 Å². The third-order valence-corrected chi connectivity index (χ3v) is 7.07. The molecule has 0 aromatic heterocycles. The molecule has 10 heteroatoms. The number of nitro groups is 1. The Kier molecular flexibility index (Phi) is 17.4. The molecule has 2 rings (SSSR count). The molecule has 2 aromatic rings. The van der Waals surface area contributed by atoms with Gasteiger partial charge in [0.2, 0.25) is 0 Å². The maximum Gasteiger partial charge on any atom is 0.330 e. The molecule has 0 saturated carbocycles. The summed E-state index contributed by atoms with van der Waals surface area (Å²) in [6.45, 7) is 9.95. The number of nitrogens with one attached hydrogen (secondary N) is 1. The topological polar surface area (TPSA) is 126 Å². The van der Waals surface area contributed by atoms with Crippen LogP contribution in [0.15, 0.2) is 83.1 Å². The van der Waals surface area contributed by atoms with Crippen LogP contribution in [-0.2, 0) is 14.3 Å². The minimum absolute atomic E-state index is 0.00228. The maximum atomic E-state index is 12.2. The van der Waals surface area contributed by atoms with E-state index in [2.05, 4.69) is 29.0 Å². The van der Waals surface area contributed by atoms with Gasteiger partial charge in [0.25, 0.3) is 11.6 Å². The highest BCUT2D eigenvalue weighted by Gasteiger charge is 2.08. The Morgan fingerprint density at radius 1 is 0.864 bits per heavy atom. The minimum atomic E-state index is -0.535. The van der Waals surface area contributed by atoms with Crippen molar-refractivity contribution in [3.63, 3.8) is 0 Å². The summed E-state index contributed by atoms with van der Waals surface area (Å²) in [5.74, 6) is -0.815. The molecule has 1 amide bonds. The fourth-order valence-corrected chi connectivity index (χ4v) is 4.43. The van der Waals surface area contributed by atoms with E-state index < -0.39 is 10.9 Å². The van der Waals surface area contributed by atoms with Crippen molar-refractivity contribution in [2.75, 3.05) is 31.1 Å². The van der Waals surface area contributed by atoms with Crippen molar-refractivity contribution in [1.82, 2.24) is 5.32 Å². The monoisotopic (exact) mass is 605 g/mol. The standard InChI is InChI=1S/C34H47N5O5/c1-4-6-7-8-9-10-11-12-13-14-25-35-34(41)28(3)15-24-33(40)44-27-26-38(5-2)31-20-16-29(17-21-31)36-37-30-18-22-32(23-19-30)39(42)43/h15-24H,3-14,25-27H2,1-2H3,(H,35,41)/b24-15+,37-36?. The van der Waals surface area contributed by atoms with Crippen LogP contribution in [0.3, 0.4) is 0 Å². The lowest BCUT2D eigenvalue weighted by molar-refractivity contribution is -0.384. The Labute approximate surface area is 261 Å². The van der Waals surface area contributed by atoms with Gasteiger partial charge in [0.05, 0.1) is 22.8 Å². The van der Waals surface area contributed by atoms with E-state index in [1.165, 1.54) is 87.8 Å². The second-order valence-corrected chi connectivity index (χ2v) is 10.5. The molecule has 0 bridgehead atoms. The number of esters is 1. The number of anilines is 1. The van der Waals surface area contributed by atoms with Crippen LogP contribution in [0.5, 0.6) is 0 Å². The van der Waals surface area contributed by atoms with Gasteiger partial charge in [-0.1, -0.05) is 71.3 Å². The molecule has 10 nitrogen and oxygen atoms in total. The van der Waals surface area contributed by atoms with Crippen LogP contribution >= 0.6 is 0 Å². The molecule has 0 radical (unpaired) electrons. The Balaban J connectivity index is 1.64. The minimum Gasteiger partial charge on any atom is -0.461 e. The van der Waals surface area contributed by atoms with Crippen LogP contribution in [0, 0.1) is 10.1 Å². The van der Waals surface area contributed by atoms with E-state index in [-0.39, 0.29) is 23.8 Å². The summed E-state index contributed by atoms with van der Waals surface area (Å²) in [4.78, 5) is 36.7. The normalized spacial score (nSPS) is 11.1. The molecular weight excluding hydrogens is 558 g/mol. The highest BCUT2D eigenvalue weighted by molar-refractivity contribution is 5.97. The van der Waals surface area contributed by atoms with Gasteiger partial charge in [0.15, 0.2) is 0 Å². The maximum absolute atomic E-state index is 12.2. The number of azo groups is 1. The van der Waals surface area contributed by atoms with E-state index in [1.54, 1.807) is 0 Å². The number of carbonyl (C=O) groups excluding carboxylic acids is 2. The number of nitro benzene ring substituents is 1. The van der Waals surface area contributed by atoms with Crippen molar-refractivity contribution < 1.29 is 19.2 Å². The highest BCUT2D eigenvalue weighted by Crippen LogP contribution is 2.23. The quantitative estimate of drug-likeness (QED) is 0.0273. The van der Waals surface area contributed by atoms with E-state index >= 15 is 0 Å². The number of ether oxygens (including phenoxy) is 1. The van der Waals surface area contributed by atoms with Crippen LogP contribution in [0.4, 0.5) is 22.7 Å². The number of carbonyl (C=O) groups is 2. The van der Waals surface area contributed by atoms with E-state index in [0.29, 0.717) is 31.0 Å². The molecule has 0 aliphatic carbocycles. The molecule has 0 fully saturated rings. The fraction of sp³-hybridized carbons (Fsp3) is 0.471. The van der Waals surface area contributed by atoms with Crippen LogP contribution in [0.2, 0.25) is 0 Å². The summed E-state index contributed by atoms with van der Waals surface area (Å²) in [6.07, 6.45) is 15.0. The zero-order chi connectivity index (χ0) is 32.0. The van der Waals surface area contributed by atoms with Crippen molar-refractivity contribution in [3.8, 4) is 0 Å². The number of likely N-dealkylation sites (N-methyl/N-ethyl adjacent to an activating group) is 1. The van der Waals surface area contributed by atoms with Gasteiger partial charge < -0.3 is 15.0 Å². The van der Waals surface area contributed by atoms with Gasteiger partial charge in [-0.25, -0.2) is 4.79 Å². The second kappa shape index (κ2) is 21.4. The second-order valence-electron chi connectivity index (χ2n) is 10.5. The number of nitrogens with zero attached hydrogens (tertiary/aromatic N) is 4. The molecule has 0 saturated heterocycles. The van der Waals surface area contributed by atoms with Crippen LogP contribution in [-0.4, -0.2) is 43.0 Å². The number of rotatable bonds is 22. The van der Waals surface area contributed by atoms with E-state index in [9.17, 15) is 19.7 Å². The van der Waals surface area contributed by atoms with Crippen molar-refractivity contribution in [3.05, 3.63) is 82.9 Å². The first-order valence-electron chi connectivity index (χ1n) is 15.7. The molecule has 0 unspecified atom stereocenters. The van der Waals surface area contributed by atoms with E-state index in [1.807, 2.05) is 36.1 Å². The molecular formula is C34H47N5O5. The van der Waals surface area contributed by atoms with Gasteiger partial charge in [0, 0.05) is 42.6 Å². The first-order chi connectivity index (χ1) is 21.3. The SMILES string of the molecule is C=C(/C=C/C(=O)OCCN(CC)c1ccc(N=Nc2ccc([N+](=O)[O-])cc2)cc1)C(=O)NCCCCCCCCCCCC. The van der Waals surface area contributed by atoms with Crippen molar-refractivity contribution in [2.24, 2.45) is 10.2 Å². The average molecular weight is 606 g/mol. The molecule has 44 heavy (non-hydrogen) atoms. The molecule has 0 heterocycles. The number of hydrogen-bond acceptors (Lipinski definition) is 8. The number of unbranched alkanes of at least 4 members (excludes halogenated alkanes) is 9. The molecule has 2 aromatic carbocycles. The van der Waals surface area contributed by atoms with Crippen LogP contribution in [0.1, 0.15) is 78.1 Å². The van der Waals surface area contributed by atoms with Crippen molar-refractivity contribution >= 4 is 34.6 Å². The zero-order valence-electron chi connectivity index (χ0n) is 26.2. The van der Waals surface area contributed by atoms with Gasteiger partial charge in [-0.15, -0.1) is 0 Å². The van der Waals surface area contributed by atoms with Gasteiger partial charge in [-0.3, -0.25) is 14.9 Å². The predicted octanol–water partition coefficient (Wildman–Crippen LogP) is 8.53. The third-order valence-electron chi connectivity index (χ3n) is 7.07. The lowest BCUT2D eigenvalue weighted by Crippen LogP contribution is -2.27. The number of hydrogen-bond donors (Lipinski definition) is 1. The predicted molar refractivity (Wildman–Crippen MR) is 176 cm³/mol. The summed E-state index contributed by atoms with van der Waals surface area (Å²) in [7, 11) is 0. The molecule has 0 spiro atoms. The smallest absolute Gasteiger partial charge is 0.330 e. The average Bonchev–Trinajstić information content (AvgIpc) is 3.04. The third kappa shape index (κ3) is 14.7. The fourth-order valence-electron chi connectivity index (χ4n) is 4.43. The summed E-state index contributed by atoms with van der Waals surface area (Å²) < 4.78 is 5.32. The lowest BCUT2D eigenvalue weighted by Gasteiger charge is -2.22. The molecule has 0 aliphatic rings. The number of benzene rings is 2. The summed E-state index contributed by atoms with van der Waals surface area (Å²) in [6, 6.07) is 13.3. The summed E-state index contributed by atoms with van der Waals surface area (Å²) in [5.41, 5.74) is 2.29. The van der Waals surface area contributed by atoms with E-state index in [0.717, 1.165) is 18.5 Å². The van der Waals surface area contributed by atoms with Gasteiger partial charge >= 0.3 is 5.97 Å². The highest BCUT2D eigenvalue weighted by atomic mass is 16.6. The van der Waals surface area contributed by atoms with Gasteiger partial charge in [-0.05, 0) is 55.8 Å². The number of amides is 1. The molecule has 0 atom stereocenters. The van der Waals surface area contributed by atoms with E-state index in [4.69, 9.17) is 4.74 Å². The van der Waals surface area contributed by atoms with Crippen molar-refractivity contribution in [2.45, 2.75) is 78.1 Å². The zero-order valence-corrected chi connectivity index (χ0v) is 26.2. The summed E-state index contributed by atoms with van der Waals surface area (Å²) >= 11 is 0. The Morgan fingerprint density at radius 3 is 1.95 bits per heavy atom. The van der Waals surface area contributed by atoms with Crippen LogP contribution < -0.4 is 10.2 Å². The number of non-ortho nitro benzene ring substituents is 1. The summed E-state index contributed by atoms with van der Waals surface area (Å²) in [5, 5.41) is 21.9. The lowest BCUT2D eigenvalue weighted by atomic mass is 10.1. The van der Waals surface area contributed by atoms with Gasteiger partial charge in [0.1, 0.15) is 6.61 Å². The Bertz CT molecular complexity index is 1230. The van der Waals surface area contributed by atoms with Gasteiger partial charge in [-0.2, -0.15) is 10.2 Å². The first-order valence-corrected chi connectivity index (χ1v) is 15.7. The largest absolute Gasteiger partial charge is 0.461 e. The Hall–Kier alpha value is -4.34. The molecule has 0 aliphatic heterocycles. The first kappa shape index (κ1) is 35.9.